The van der Waals surface area contributed by atoms with Crippen molar-refractivity contribution < 1.29 is 29.0 Å². The lowest BCUT2D eigenvalue weighted by molar-refractivity contribution is -0.142. The number of aliphatic carboxylic acids is 1. The molecule has 0 bridgehead atoms. The molecule has 2 aromatic heterocycles. The number of esters is 1. The highest BCUT2D eigenvalue weighted by Crippen LogP contribution is 2.43. The van der Waals surface area contributed by atoms with Gasteiger partial charge in [-0.3, -0.25) is 19.6 Å². The summed E-state index contributed by atoms with van der Waals surface area (Å²) in [7, 11) is -1.72. The van der Waals surface area contributed by atoms with Gasteiger partial charge < -0.3 is 19.4 Å². The fourth-order valence-electron chi connectivity index (χ4n) is 12.7. The van der Waals surface area contributed by atoms with Crippen LogP contribution in [0.4, 0.5) is 0 Å². The summed E-state index contributed by atoms with van der Waals surface area (Å²) in [6.07, 6.45) is 18.1. The molecule has 0 amide bonds. The zero-order valence-corrected chi connectivity index (χ0v) is 52.3. The average molecular weight is 1120 g/mol. The van der Waals surface area contributed by atoms with Crippen molar-refractivity contribution in [3.05, 3.63) is 176 Å². The van der Waals surface area contributed by atoms with Gasteiger partial charge in [0.25, 0.3) is 0 Å². The van der Waals surface area contributed by atoms with Gasteiger partial charge in [-0.1, -0.05) is 137 Å². The lowest BCUT2D eigenvalue weighted by Gasteiger charge is -2.38. The zero-order chi connectivity index (χ0) is 59.3. The Hall–Kier alpha value is -6.62. The van der Waals surface area contributed by atoms with E-state index >= 15 is 0 Å². The first-order valence-corrected chi connectivity index (χ1v) is 33.8. The van der Waals surface area contributed by atoms with Crippen LogP contribution in [0.15, 0.2) is 109 Å². The van der Waals surface area contributed by atoms with Crippen LogP contribution in [-0.4, -0.2) is 58.2 Å². The molecule has 8 rings (SSSR count). The topological polar surface area (TPSA) is 119 Å². The summed E-state index contributed by atoms with van der Waals surface area (Å²) in [5, 5.41) is 19.8. The number of aliphatic hydroxyl groups is 1. The van der Waals surface area contributed by atoms with Crippen LogP contribution < -0.4 is 0 Å². The van der Waals surface area contributed by atoms with E-state index in [-0.39, 0.29) is 35.2 Å². The van der Waals surface area contributed by atoms with E-state index in [9.17, 15) is 14.7 Å². The van der Waals surface area contributed by atoms with Gasteiger partial charge in [-0.05, 0) is 211 Å². The van der Waals surface area contributed by atoms with E-state index in [1.54, 1.807) is 12.4 Å². The minimum Gasteiger partial charge on any atom is -0.481 e. The van der Waals surface area contributed by atoms with Crippen molar-refractivity contribution in [2.24, 2.45) is 0 Å². The van der Waals surface area contributed by atoms with Crippen LogP contribution in [0.3, 0.4) is 0 Å². The maximum atomic E-state index is 11.9. The third-order valence-electron chi connectivity index (χ3n) is 17.4. The van der Waals surface area contributed by atoms with Crippen molar-refractivity contribution >= 4 is 20.3 Å². The van der Waals surface area contributed by atoms with E-state index in [2.05, 4.69) is 181 Å². The Balaban J connectivity index is 0.000000239. The van der Waals surface area contributed by atoms with Crippen LogP contribution in [0.1, 0.15) is 191 Å². The molecule has 2 heterocycles. The fourth-order valence-corrected chi connectivity index (χ4v) is 14.1. The second kappa shape index (κ2) is 27.6. The van der Waals surface area contributed by atoms with E-state index in [0.717, 1.165) is 115 Å². The van der Waals surface area contributed by atoms with Gasteiger partial charge in [-0.15, -0.1) is 0 Å². The lowest BCUT2D eigenvalue weighted by Crippen LogP contribution is -2.43. The Morgan fingerprint density at radius 3 is 1.34 bits per heavy atom. The first kappa shape index (κ1) is 63.0. The van der Waals surface area contributed by atoms with Crippen LogP contribution in [0, 0.1) is 51.4 Å². The summed E-state index contributed by atoms with van der Waals surface area (Å²) >= 11 is 0. The van der Waals surface area contributed by atoms with Crippen molar-refractivity contribution in [2.75, 3.05) is 6.61 Å². The number of nitrogens with zero attached hydrogens (tertiary/aromatic N) is 2. The second-order valence-corrected chi connectivity index (χ2v) is 28.6. The van der Waals surface area contributed by atoms with Crippen molar-refractivity contribution in [3.8, 4) is 46.2 Å². The molecule has 0 atom stereocenters. The first-order valence-electron chi connectivity index (χ1n) is 30.3. The maximum absolute atomic E-state index is 11.9. The lowest BCUT2D eigenvalue weighted by atomic mass is 9.69. The number of hydrogen-bond donors (Lipinski definition) is 2. The highest BCUT2D eigenvalue weighted by Gasteiger charge is 2.37. The molecule has 0 aliphatic heterocycles. The Kier molecular flexibility index (Phi) is 21.2. The number of carboxylic acids is 1. The highest BCUT2D eigenvalue weighted by atomic mass is 28.4. The Labute approximate surface area is 492 Å². The number of benzene rings is 4. The minimum atomic E-state index is -1.72. The molecule has 82 heavy (non-hydrogen) atoms. The predicted octanol–water partition coefficient (Wildman–Crippen LogP) is 16.6. The van der Waals surface area contributed by atoms with Crippen molar-refractivity contribution in [1.29, 1.82) is 0 Å². The third-order valence-corrected chi connectivity index (χ3v) is 18.4. The fraction of sp³-hybridized carbons (Fsp3) is 0.452. The molecule has 2 aliphatic rings. The molecule has 0 radical (unpaired) electrons. The van der Waals surface area contributed by atoms with E-state index in [1.165, 1.54) is 59.1 Å². The van der Waals surface area contributed by atoms with Gasteiger partial charge in [0.15, 0.2) is 8.32 Å². The molecular weight excluding hydrogens is 1030 g/mol. The van der Waals surface area contributed by atoms with Gasteiger partial charge in [0.2, 0.25) is 0 Å². The number of carbonyl (C=O) groups excluding carboxylic acids is 1. The SMILES string of the molecule is CCC(CC)(c1ccc(C#CC2(O)CCCCC2)c(C)c1)c1ccc(-c2ccc(CC(=O)O)cn2)c(C)c1.CCOC(=O)Cc1ccc(-c2ccc(C(CC)(CC)c3ccc(C#CC4(O[Si](C)(C)C)CCCCC4)c(C)c3)cc2C)nc1. The van der Waals surface area contributed by atoms with Gasteiger partial charge >= 0.3 is 11.9 Å². The Morgan fingerprint density at radius 1 is 0.549 bits per heavy atom. The van der Waals surface area contributed by atoms with Crippen LogP contribution in [0.5, 0.6) is 0 Å². The number of pyridine rings is 2. The molecule has 2 aliphatic carbocycles. The van der Waals surface area contributed by atoms with Gasteiger partial charge in [-0.2, -0.15) is 0 Å². The standard InChI is InChI=1S/C39H51NO3Si.C34H39NO3/c1-9-39(10-2,34-18-19-35(30(5)26-34)36-20-15-31(28-40-36)27-37(41)42-11-3)33-17-16-32(29(4)25-33)21-24-38(43-44(6,7)8)22-13-12-14-23-38;1-5-34(6-2,28-12-11-27(24(3)20-28)16-19-33(38)17-8-7-9-18-33)29-13-14-30(25(4)21-29)31-15-10-26(23-35-31)22-32(36)37/h15-20,25-26,28H,9-14,22-23,27H2,1-8H3;10-15,20-21,23,38H,5-9,17-18,22H2,1-4H3,(H,36,37). The minimum absolute atomic E-state index is 0.0224. The van der Waals surface area contributed by atoms with Crippen LogP contribution in [0.2, 0.25) is 19.6 Å². The number of carboxylic acid groups (broad SMARTS) is 1. The number of rotatable bonds is 17. The molecule has 9 heteroatoms. The Morgan fingerprint density at radius 2 is 0.963 bits per heavy atom. The van der Waals surface area contributed by atoms with Crippen molar-refractivity contribution in [1.82, 2.24) is 9.97 Å². The molecule has 4 aromatic carbocycles. The Bertz CT molecular complexity index is 3290. The quantitative estimate of drug-likeness (QED) is 0.0527. The van der Waals surface area contributed by atoms with Crippen molar-refractivity contribution in [3.63, 3.8) is 0 Å². The molecule has 0 spiro atoms. The van der Waals surface area contributed by atoms with E-state index in [1.807, 2.05) is 31.2 Å². The monoisotopic (exact) mass is 1120 g/mol. The average Bonchev–Trinajstić information content (AvgIpc) is 3.46. The van der Waals surface area contributed by atoms with Crippen molar-refractivity contribution in [2.45, 2.75) is 207 Å². The van der Waals surface area contributed by atoms with E-state index < -0.39 is 19.9 Å². The molecular formula is C73H90N2O6Si. The largest absolute Gasteiger partial charge is 0.481 e. The molecule has 2 N–H and O–H groups in total. The van der Waals surface area contributed by atoms with Gasteiger partial charge in [0.1, 0.15) is 11.2 Å². The zero-order valence-electron chi connectivity index (χ0n) is 51.3. The molecule has 2 fully saturated rings. The molecule has 6 aromatic rings. The predicted molar refractivity (Wildman–Crippen MR) is 338 cm³/mol. The number of aryl methyl sites for hydroxylation is 4. The summed E-state index contributed by atoms with van der Waals surface area (Å²) in [6.45, 7) is 26.7. The molecule has 2 saturated carbocycles. The molecule has 432 valence electrons. The highest BCUT2D eigenvalue weighted by molar-refractivity contribution is 6.69. The number of ether oxygens (including phenoxy) is 1. The summed E-state index contributed by atoms with van der Waals surface area (Å²) in [5.74, 6) is 12.6. The summed E-state index contributed by atoms with van der Waals surface area (Å²) in [4.78, 5) is 32.1. The molecule has 8 nitrogen and oxygen atoms in total. The number of aromatic nitrogens is 2. The summed E-state index contributed by atoms with van der Waals surface area (Å²) < 4.78 is 11.8. The van der Waals surface area contributed by atoms with Crippen LogP contribution in [-0.2, 0) is 42.4 Å². The van der Waals surface area contributed by atoms with Gasteiger partial charge in [0, 0.05) is 45.5 Å². The second-order valence-electron chi connectivity index (χ2n) is 24.2. The molecule has 0 unspecified atom stereocenters. The van der Waals surface area contributed by atoms with E-state index in [0.29, 0.717) is 12.2 Å². The normalized spacial score (nSPS) is 14.9. The molecule has 0 saturated heterocycles. The number of carbonyl (C=O) groups is 2. The van der Waals surface area contributed by atoms with E-state index in [4.69, 9.17) is 14.3 Å². The maximum Gasteiger partial charge on any atom is 0.310 e. The van der Waals surface area contributed by atoms with Gasteiger partial charge in [0.05, 0.1) is 30.8 Å². The first-order chi connectivity index (χ1) is 39.1. The summed E-state index contributed by atoms with van der Waals surface area (Å²) in [5.41, 5.74) is 16.1. The summed E-state index contributed by atoms with van der Waals surface area (Å²) in [6, 6.07) is 34.6. The van der Waals surface area contributed by atoms with Gasteiger partial charge in [-0.25, -0.2) is 0 Å². The third kappa shape index (κ3) is 15.3. The number of hydrogen-bond acceptors (Lipinski definition) is 7. The van der Waals surface area contributed by atoms with Crippen LogP contribution >= 0.6 is 0 Å². The van der Waals surface area contributed by atoms with Crippen LogP contribution in [0.25, 0.3) is 22.5 Å². The smallest absolute Gasteiger partial charge is 0.310 e.